The molecule has 0 saturated heterocycles. The Balaban J connectivity index is 2.77. The number of benzene rings is 1. The van der Waals surface area contributed by atoms with Gasteiger partial charge in [-0.15, -0.1) is 0 Å². The zero-order valence-corrected chi connectivity index (χ0v) is 15.7. The van der Waals surface area contributed by atoms with Crippen LogP contribution in [0.1, 0.15) is 18.1 Å². The SMILES string of the molecule is CCc1cccc(C[CH]N([Si](C)(C)C)[Si](C)(C)C)c1. The summed E-state index contributed by atoms with van der Waals surface area (Å²) in [5.41, 5.74) is 2.89. The molecule has 0 spiro atoms. The van der Waals surface area contributed by atoms with Crippen LogP contribution in [0.5, 0.6) is 0 Å². The van der Waals surface area contributed by atoms with Gasteiger partial charge in [-0.25, -0.2) is 0 Å². The normalized spacial score (nSPS) is 13.1. The highest BCUT2D eigenvalue weighted by molar-refractivity contribution is 6.89. The van der Waals surface area contributed by atoms with Crippen LogP contribution in [0, 0.1) is 6.54 Å². The Labute approximate surface area is 122 Å². The summed E-state index contributed by atoms with van der Waals surface area (Å²) in [7, 11) is -2.52. The summed E-state index contributed by atoms with van der Waals surface area (Å²) < 4.78 is 2.75. The van der Waals surface area contributed by atoms with E-state index in [-0.39, 0.29) is 0 Å². The quantitative estimate of drug-likeness (QED) is 0.672. The zero-order valence-electron chi connectivity index (χ0n) is 13.7. The summed E-state index contributed by atoms with van der Waals surface area (Å²) in [6, 6.07) is 9.01. The van der Waals surface area contributed by atoms with Crippen LogP contribution in [0.3, 0.4) is 0 Å². The van der Waals surface area contributed by atoms with E-state index in [4.69, 9.17) is 0 Å². The van der Waals surface area contributed by atoms with Crippen LogP contribution in [-0.4, -0.2) is 20.7 Å². The highest BCUT2D eigenvalue weighted by Crippen LogP contribution is 2.22. The summed E-state index contributed by atoms with van der Waals surface area (Å²) in [5, 5.41) is 0. The second kappa shape index (κ2) is 6.38. The summed E-state index contributed by atoms with van der Waals surface area (Å²) in [6.07, 6.45) is 2.20. The molecule has 0 saturated carbocycles. The van der Waals surface area contributed by atoms with Crippen molar-refractivity contribution in [1.82, 2.24) is 4.23 Å². The Morgan fingerprint density at radius 1 is 0.947 bits per heavy atom. The Bertz CT molecular complexity index is 388. The lowest BCUT2D eigenvalue weighted by Gasteiger charge is -2.43. The molecule has 0 amide bonds. The summed E-state index contributed by atoms with van der Waals surface area (Å²) in [4.78, 5) is 0. The minimum atomic E-state index is -1.26. The van der Waals surface area contributed by atoms with E-state index in [2.05, 4.69) is 81.2 Å². The van der Waals surface area contributed by atoms with Crippen molar-refractivity contribution in [3.8, 4) is 0 Å². The summed E-state index contributed by atoms with van der Waals surface area (Å²) in [5.74, 6) is 0. The van der Waals surface area contributed by atoms with E-state index in [9.17, 15) is 0 Å². The fourth-order valence-corrected chi connectivity index (χ4v) is 12.1. The van der Waals surface area contributed by atoms with Crippen LogP contribution in [0.4, 0.5) is 0 Å². The first-order chi connectivity index (χ1) is 8.64. The first-order valence-corrected chi connectivity index (χ1v) is 14.2. The third-order valence-corrected chi connectivity index (χ3v) is 10.6. The monoisotopic (exact) mass is 292 g/mol. The molecule has 0 aliphatic rings. The van der Waals surface area contributed by atoms with Crippen LogP contribution in [0.25, 0.3) is 0 Å². The minimum Gasteiger partial charge on any atom is -0.342 e. The van der Waals surface area contributed by atoms with Crippen molar-refractivity contribution in [2.45, 2.75) is 59.0 Å². The number of nitrogens with zero attached hydrogens (tertiary/aromatic N) is 1. The maximum absolute atomic E-state index is 2.75. The van der Waals surface area contributed by atoms with E-state index >= 15 is 0 Å². The molecule has 0 N–H and O–H groups in total. The highest BCUT2D eigenvalue weighted by Gasteiger charge is 2.33. The van der Waals surface area contributed by atoms with E-state index in [1.54, 1.807) is 0 Å². The lowest BCUT2D eigenvalue weighted by molar-refractivity contribution is 0.712. The van der Waals surface area contributed by atoms with E-state index in [0.29, 0.717) is 0 Å². The van der Waals surface area contributed by atoms with Crippen molar-refractivity contribution in [2.75, 3.05) is 0 Å². The average Bonchev–Trinajstić information content (AvgIpc) is 2.26. The average molecular weight is 293 g/mol. The number of hydrogen-bond donors (Lipinski definition) is 0. The van der Waals surface area contributed by atoms with Gasteiger partial charge in [-0.3, -0.25) is 0 Å². The second-order valence-electron chi connectivity index (χ2n) is 7.27. The maximum atomic E-state index is 2.75. The topological polar surface area (TPSA) is 3.24 Å². The highest BCUT2D eigenvalue weighted by atomic mass is 28.4. The van der Waals surface area contributed by atoms with Crippen LogP contribution < -0.4 is 0 Å². The fourth-order valence-electron chi connectivity index (χ4n) is 2.73. The molecule has 3 heteroatoms. The third kappa shape index (κ3) is 5.24. The number of rotatable bonds is 6. The van der Waals surface area contributed by atoms with Crippen LogP contribution in [-0.2, 0) is 12.8 Å². The molecule has 1 radical (unpaired) electrons. The van der Waals surface area contributed by atoms with Gasteiger partial charge >= 0.3 is 0 Å². The Morgan fingerprint density at radius 3 is 1.95 bits per heavy atom. The summed E-state index contributed by atoms with van der Waals surface area (Å²) in [6.45, 7) is 19.4. The molecule has 0 aliphatic heterocycles. The van der Waals surface area contributed by atoms with Crippen LogP contribution >= 0.6 is 0 Å². The predicted molar refractivity (Wildman–Crippen MR) is 92.4 cm³/mol. The molecule has 1 aromatic carbocycles. The van der Waals surface area contributed by atoms with E-state index < -0.39 is 16.5 Å². The molecule has 1 nitrogen and oxygen atoms in total. The van der Waals surface area contributed by atoms with Gasteiger partial charge in [-0.2, -0.15) is 0 Å². The van der Waals surface area contributed by atoms with Gasteiger partial charge in [0.1, 0.15) is 16.5 Å². The molecular formula is C16H30NSi2. The van der Waals surface area contributed by atoms with Gasteiger partial charge in [0.2, 0.25) is 0 Å². The fraction of sp³-hybridized carbons (Fsp3) is 0.562. The lowest BCUT2D eigenvalue weighted by atomic mass is 10.1. The Hall–Kier alpha value is -0.386. The van der Waals surface area contributed by atoms with Crippen molar-refractivity contribution in [3.63, 3.8) is 0 Å². The van der Waals surface area contributed by atoms with Gasteiger partial charge in [0.05, 0.1) is 0 Å². The smallest absolute Gasteiger partial charge is 0.112 e. The standard InChI is InChI=1S/C16H30NSi2/c1-8-15-10-9-11-16(14-15)12-13-17(18(2,3)4)19(5,6)7/h9-11,13-14H,8,12H2,1-7H3. The largest absolute Gasteiger partial charge is 0.342 e. The minimum absolute atomic E-state index is 1.07. The van der Waals surface area contributed by atoms with Crippen molar-refractivity contribution in [3.05, 3.63) is 41.9 Å². The van der Waals surface area contributed by atoms with Crippen molar-refractivity contribution in [2.24, 2.45) is 0 Å². The lowest BCUT2D eigenvalue weighted by Crippen LogP contribution is -2.57. The number of aryl methyl sites for hydroxylation is 1. The van der Waals surface area contributed by atoms with Crippen molar-refractivity contribution >= 4 is 16.5 Å². The molecule has 0 bridgehead atoms. The predicted octanol–water partition coefficient (Wildman–Crippen LogP) is 4.93. The third-order valence-electron chi connectivity index (χ3n) is 3.35. The van der Waals surface area contributed by atoms with Crippen LogP contribution in [0.2, 0.25) is 39.3 Å². The zero-order chi connectivity index (χ0) is 14.7. The van der Waals surface area contributed by atoms with E-state index in [1.165, 1.54) is 11.1 Å². The Morgan fingerprint density at radius 2 is 1.47 bits per heavy atom. The molecule has 1 rings (SSSR count). The maximum Gasteiger partial charge on any atom is 0.112 e. The Kier molecular flexibility index (Phi) is 5.59. The molecule has 19 heavy (non-hydrogen) atoms. The molecule has 107 valence electrons. The molecule has 0 unspecified atom stereocenters. The molecular weight excluding hydrogens is 262 g/mol. The molecule has 0 fully saturated rings. The first kappa shape index (κ1) is 16.7. The van der Waals surface area contributed by atoms with Gasteiger partial charge in [0, 0.05) is 6.54 Å². The van der Waals surface area contributed by atoms with Gasteiger partial charge in [0.25, 0.3) is 0 Å². The summed E-state index contributed by atoms with van der Waals surface area (Å²) >= 11 is 0. The second-order valence-corrected chi connectivity index (χ2v) is 17.4. The molecule has 1 aromatic rings. The van der Waals surface area contributed by atoms with Crippen LogP contribution in [0.15, 0.2) is 24.3 Å². The molecule has 0 aliphatic carbocycles. The van der Waals surface area contributed by atoms with Gasteiger partial charge < -0.3 is 4.23 Å². The molecule has 0 aromatic heterocycles. The van der Waals surface area contributed by atoms with Gasteiger partial charge in [0.15, 0.2) is 0 Å². The van der Waals surface area contributed by atoms with Crippen molar-refractivity contribution in [1.29, 1.82) is 0 Å². The molecule has 0 heterocycles. The van der Waals surface area contributed by atoms with Gasteiger partial charge in [-0.05, 0) is 24.0 Å². The van der Waals surface area contributed by atoms with E-state index in [1.807, 2.05) is 0 Å². The number of hydrogen-bond acceptors (Lipinski definition) is 1. The van der Waals surface area contributed by atoms with Gasteiger partial charge in [-0.1, -0.05) is 70.5 Å². The molecule has 0 atom stereocenters. The van der Waals surface area contributed by atoms with Crippen molar-refractivity contribution < 1.29 is 0 Å². The van der Waals surface area contributed by atoms with E-state index in [0.717, 1.165) is 12.8 Å². The first-order valence-electron chi connectivity index (χ1n) is 7.35.